The number of ether oxygens (including phenoxy) is 3. The predicted molar refractivity (Wildman–Crippen MR) is 113 cm³/mol. The molecule has 0 radical (unpaired) electrons. The van der Waals surface area contributed by atoms with Crippen LogP contribution in [0.15, 0.2) is 36.4 Å². The number of aryl methyl sites for hydroxylation is 1. The maximum absolute atomic E-state index is 12.8. The molecule has 0 saturated carbocycles. The third-order valence-corrected chi connectivity index (χ3v) is 5.24. The zero-order valence-electron chi connectivity index (χ0n) is 17.7. The maximum atomic E-state index is 12.8. The van der Waals surface area contributed by atoms with Crippen molar-refractivity contribution in [3.8, 4) is 17.2 Å². The molecule has 3 rings (SSSR count). The Morgan fingerprint density at radius 2 is 1.72 bits per heavy atom. The summed E-state index contributed by atoms with van der Waals surface area (Å²) in [4.78, 5) is 16.7. The molecule has 0 spiro atoms. The van der Waals surface area contributed by atoms with Gasteiger partial charge in [-0.15, -0.1) is 0 Å². The fourth-order valence-corrected chi connectivity index (χ4v) is 3.46. The van der Waals surface area contributed by atoms with E-state index in [1.54, 1.807) is 14.2 Å². The molecule has 0 aromatic heterocycles. The number of hydrogen-bond acceptors (Lipinski definition) is 5. The van der Waals surface area contributed by atoms with Gasteiger partial charge >= 0.3 is 0 Å². The first-order valence-electron chi connectivity index (χ1n) is 9.89. The van der Waals surface area contributed by atoms with Crippen LogP contribution in [0.5, 0.6) is 17.2 Å². The van der Waals surface area contributed by atoms with Crippen molar-refractivity contribution in [2.45, 2.75) is 19.9 Å². The third kappa shape index (κ3) is 5.41. The first-order chi connectivity index (χ1) is 14.0. The fourth-order valence-electron chi connectivity index (χ4n) is 3.46. The summed E-state index contributed by atoms with van der Waals surface area (Å²) >= 11 is 0. The average molecular weight is 399 g/mol. The second kappa shape index (κ2) is 9.65. The van der Waals surface area contributed by atoms with Gasteiger partial charge < -0.3 is 19.1 Å². The van der Waals surface area contributed by atoms with Crippen molar-refractivity contribution in [2.24, 2.45) is 0 Å². The second-order valence-corrected chi connectivity index (χ2v) is 7.44. The molecule has 1 amide bonds. The highest BCUT2D eigenvalue weighted by molar-refractivity contribution is 5.78. The molecule has 1 aliphatic heterocycles. The monoisotopic (exact) mass is 398 g/mol. The van der Waals surface area contributed by atoms with Crippen LogP contribution in [-0.4, -0.2) is 63.2 Å². The van der Waals surface area contributed by atoms with E-state index in [4.69, 9.17) is 14.2 Å². The molecule has 2 aromatic carbocycles. The molecule has 0 unspecified atom stereocenters. The molecule has 2 aromatic rings. The van der Waals surface area contributed by atoms with Gasteiger partial charge in [0, 0.05) is 19.6 Å². The number of carbonyl (C=O) groups excluding carboxylic acids is 1. The van der Waals surface area contributed by atoms with Gasteiger partial charge in [0.2, 0.25) is 5.91 Å². The molecule has 1 heterocycles. The lowest BCUT2D eigenvalue weighted by atomic mass is 9.98. The van der Waals surface area contributed by atoms with Gasteiger partial charge in [0.1, 0.15) is 12.4 Å². The Balaban J connectivity index is 1.50. The number of hydrogen-bond donors (Lipinski definition) is 0. The van der Waals surface area contributed by atoms with Gasteiger partial charge in [0.25, 0.3) is 0 Å². The molecular weight excluding hydrogens is 368 g/mol. The molecule has 1 aliphatic rings. The summed E-state index contributed by atoms with van der Waals surface area (Å²) < 4.78 is 16.5. The van der Waals surface area contributed by atoms with Crippen molar-refractivity contribution in [2.75, 3.05) is 47.5 Å². The van der Waals surface area contributed by atoms with Crippen molar-refractivity contribution in [1.29, 1.82) is 0 Å². The molecule has 0 N–H and O–H groups in total. The van der Waals surface area contributed by atoms with Crippen LogP contribution in [0.2, 0.25) is 0 Å². The van der Waals surface area contributed by atoms with E-state index in [2.05, 4.69) is 6.92 Å². The van der Waals surface area contributed by atoms with E-state index in [1.165, 1.54) is 11.1 Å². The number of methoxy groups -OCH3 is 2. The van der Waals surface area contributed by atoms with Crippen molar-refractivity contribution < 1.29 is 19.0 Å². The minimum Gasteiger partial charge on any atom is -0.493 e. The van der Waals surface area contributed by atoms with Crippen LogP contribution in [0.3, 0.4) is 0 Å². The summed E-state index contributed by atoms with van der Waals surface area (Å²) in [5, 5.41) is 0. The zero-order valence-corrected chi connectivity index (χ0v) is 17.7. The number of nitrogens with zero attached hydrogens (tertiary/aromatic N) is 2. The summed E-state index contributed by atoms with van der Waals surface area (Å²) in [6, 6.07) is 12.0. The molecule has 0 bridgehead atoms. The summed E-state index contributed by atoms with van der Waals surface area (Å²) in [6.45, 7) is 4.98. The van der Waals surface area contributed by atoms with Crippen molar-refractivity contribution in [1.82, 2.24) is 9.80 Å². The van der Waals surface area contributed by atoms with Crippen LogP contribution in [0.25, 0.3) is 0 Å². The molecule has 156 valence electrons. The first-order valence-corrected chi connectivity index (χ1v) is 9.89. The Labute approximate surface area is 173 Å². The Morgan fingerprint density at radius 1 is 1.07 bits per heavy atom. The minimum absolute atomic E-state index is 0.128. The molecule has 0 atom stereocenters. The lowest BCUT2D eigenvalue weighted by molar-refractivity contribution is -0.133. The Hall–Kier alpha value is -2.73. The molecular formula is C23H30N2O4. The number of fused-ring (bicyclic) bond motifs is 1. The number of rotatable bonds is 8. The number of benzene rings is 2. The molecule has 0 saturated heterocycles. The van der Waals surface area contributed by atoms with Gasteiger partial charge in [-0.05, 0) is 55.8 Å². The van der Waals surface area contributed by atoms with Gasteiger partial charge in [0.05, 0.1) is 20.8 Å². The van der Waals surface area contributed by atoms with Crippen LogP contribution < -0.4 is 14.2 Å². The van der Waals surface area contributed by atoms with Crippen LogP contribution in [0.1, 0.15) is 16.7 Å². The van der Waals surface area contributed by atoms with Gasteiger partial charge in [-0.25, -0.2) is 0 Å². The van der Waals surface area contributed by atoms with Gasteiger partial charge in [0.15, 0.2) is 11.5 Å². The van der Waals surface area contributed by atoms with Gasteiger partial charge in [-0.2, -0.15) is 0 Å². The van der Waals surface area contributed by atoms with Crippen LogP contribution in [0, 0.1) is 6.92 Å². The van der Waals surface area contributed by atoms with E-state index in [9.17, 15) is 4.79 Å². The third-order valence-electron chi connectivity index (χ3n) is 5.24. The normalized spacial score (nSPS) is 13.2. The molecule has 6 heteroatoms. The Morgan fingerprint density at radius 3 is 2.38 bits per heavy atom. The van der Waals surface area contributed by atoms with E-state index >= 15 is 0 Å². The smallest absolute Gasteiger partial charge is 0.237 e. The lowest BCUT2D eigenvalue weighted by Crippen LogP contribution is -2.42. The van der Waals surface area contributed by atoms with Gasteiger partial charge in [-0.3, -0.25) is 9.69 Å². The van der Waals surface area contributed by atoms with E-state index in [0.29, 0.717) is 32.0 Å². The van der Waals surface area contributed by atoms with Gasteiger partial charge in [-0.1, -0.05) is 17.7 Å². The number of amides is 1. The van der Waals surface area contributed by atoms with Crippen LogP contribution in [-0.2, 0) is 17.8 Å². The quantitative estimate of drug-likeness (QED) is 0.684. The zero-order chi connectivity index (χ0) is 20.8. The standard InChI is InChI=1S/C23H30N2O4/c1-17-5-7-20(8-6-17)29-12-11-24(2)16-23(26)25-10-9-18-13-21(27-3)22(28-4)14-19(18)15-25/h5-8,13-14H,9-12,15-16H2,1-4H3. The summed E-state index contributed by atoms with van der Waals surface area (Å²) in [6.07, 6.45) is 0.821. The topological polar surface area (TPSA) is 51.2 Å². The highest BCUT2D eigenvalue weighted by Crippen LogP contribution is 2.33. The first kappa shape index (κ1) is 21.0. The van der Waals surface area contributed by atoms with E-state index in [-0.39, 0.29) is 5.91 Å². The van der Waals surface area contributed by atoms with Crippen molar-refractivity contribution in [3.63, 3.8) is 0 Å². The van der Waals surface area contributed by atoms with Crippen molar-refractivity contribution >= 4 is 5.91 Å². The van der Waals surface area contributed by atoms with E-state index in [1.807, 2.05) is 53.2 Å². The summed E-state index contributed by atoms with van der Waals surface area (Å²) in [7, 11) is 5.22. The minimum atomic E-state index is 0.128. The lowest BCUT2D eigenvalue weighted by Gasteiger charge is -2.31. The van der Waals surface area contributed by atoms with E-state index < -0.39 is 0 Å². The summed E-state index contributed by atoms with van der Waals surface area (Å²) in [5.41, 5.74) is 3.54. The summed E-state index contributed by atoms with van der Waals surface area (Å²) in [5.74, 6) is 2.42. The molecule has 6 nitrogen and oxygen atoms in total. The highest BCUT2D eigenvalue weighted by Gasteiger charge is 2.23. The molecule has 0 fully saturated rings. The average Bonchev–Trinajstić information content (AvgIpc) is 2.73. The largest absolute Gasteiger partial charge is 0.493 e. The predicted octanol–water partition coefficient (Wildman–Crippen LogP) is 2.91. The Bertz CT molecular complexity index is 836. The van der Waals surface area contributed by atoms with Crippen molar-refractivity contribution in [3.05, 3.63) is 53.1 Å². The maximum Gasteiger partial charge on any atom is 0.237 e. The fraction of sp³-hybridized carbons (Fsp3) is 0.435. The van der Waals surface area contributed by atoms with Crippen LogP contribution >= 0.6 is 0 Å². The number of carbonyl (C=O) groups is 1. The number of likely N-dealkylation sites (N-methyl/N-ethyl adjacent to an activating group) is 1. The molecule has 29 heavy (non-hydrogen) atoms. The van der Waals surface area contributed by atoms with Crippen LogP contribution in [0.4, 0.5) is 0 Å². The van der Waals surface area contributed by atoms with E-state index in [0.717, 1.165) is 30.0 Å². The highest BCUT2D eigenvalue weighted by atomic mass is 16.5. The second-order valence-electron chi connectivity index (χ2n) is 7.44. The molecule has 0 aliphatic carbocycles. The Kier molecular flexibility index (Phi) is 6.99. The SMILES string of the molecule is COc1cc2c(cc1OC)CN(C(=O)CN(C)CCOc1ccc(C)cc1)CC2.